The minimum Gasteiger partial charge on any atom is -0.444 e. The molecule has 1 fully saturated rings. The lowest BCUT2D eigenvalue weighted by atomic mass is 9.95. The molecular formula is C29H31F5N4O4S. The van der Waals surface area contributed by atoms with Crippen LogP contribution < -0.4 is 10.6 Å². The third kappa shape index (κ3) is 6.03. The molecule has 1 amide bonds. The topological polar surface area (TPSA) is 76.9 Å². The van der Waals surface area contributed by atoms with Crippen molar-refractivity contribution in [2.24, 2.45) is 0 Å². The molecule has 43 heavy (non-hydrogen) atoms. The van der Waals surface area contributed by atoms with E-state index in [1.54, 1.807) is 32.6 Å². The van der Waals surface area contributed by atoms with Crippen LogP contribution in [0.3, 0.4) is 0 Å². The van der Waals surface area contributed by atoms with E-state index in [0.717, 1.165) is 30.0 Å². The Morgan fingerprint density at radius 1 is 1.09 bits per heavy atom. The Morgan fingerprint density at radius 2 is 1.81 bits per heavy atom. The zero-order chi connectivity index (χ0) is 31.4. The van der Waals surface area contributed by atoms with E-state index >= 15 is 4.39 Å². The predicted molar refractivity (Wildman–Crippen MR) is 152 cm³/mol. The van der Waals surface area contributed by atoms with Crippen LogP contribution in [0.15, 0.2) is 34.0 Å². The second kappa shape index (κ2) is 11.3. The van der Waals surface area contributed by atoms with Crippen LogP contribution >= 0.6 is 11.8 Å². The molecule has 0 saturated carbocycles. The van der Waals surface area contributed by atoms with Crippen molar-refractivity contribution in [1.82, 2.24) is 14.5 Å². The first-order valence-electron chi connectivity index (χ1n) is 13.6. The number of hydrogen-bond acceptors (Lipinski definition) is 7. The summed E-state index contributed by atoms with van der Waals surface area (Å²) in [6, 6.07) is 2.84. The quantitative estimate of drug-likeness (QED) is 0.334. The second-order valence-corrected chi connectivity index (χ2v) is 12.6. The molecule has 2 atom stereocenters. The molecule has 2 aromatic carbocycles. The van der Waals surface area contributed by atoms with Gasteiger partial charge in [-0.1, -0.05) is 0 Å². The van der Waals surface area contributed by atoms with Gasteiger partial charge in [0.2, 0.25) is 0 Å². The van der Waals surface area contributed by atoms with Crippen molar-refractivity contribution in [1.29, 1.82) is 0 Å². The second-order valence-electron chi connectivity index (χ2n) is 11.6. The monoisotopic (exact) mass is 626 g/mol. The number of ether oxygens (including phenoxy) is 2. The van der Waals surface area contributed by atoms with Gasteiger partial charge in [0.1, 0.15) is 23.1 Å². The van der Waals surface area contributed by atoms with E-state index in [2.05, 4.69) is 4.98 Å². The number of carbonyl (C=O) groups is 1. The Balaban J connectivity index is 1.74. The summed E-state index contributed by atoms with van der Waals surface area (Å²) in [4.78, 5) is 33.7. The summed E-state index contributed by atoms with van der Waals surface area (Å²) >= 11 is 1.01. The van der Waals surface area contributed by atoms with Crippen molar-refractivity contribution < 1.29 is 36.2 Å². The van der Waals surface area contributed by atoms with Crippen LogP contribution in [0.2, 0.25) is 0 Å². The molecule has 3 heterocycles. The van der Waals surface area contributed by atoms with E-state index in [4.69, 9.17) is 9.47 Å². The Bertz CT molecular complexity index is 1640. The molecule has 1 aromatic heterocycles. The number of benzene rings is 2. The third-order valence-corrected chi connectivity index (χ3v) is 8.61. The van der Waals surface area contributed by atoms with Gasteiger partial charge >= 0.3 is 18.0 Å². The van der Waals surface area contributed by atoms with Gasteiger partial charge in [-0.05, 0) is 45.9 Å². The molecule has 5 rings (SSSR count). The number of alkyl halides is 3. The highest BCUT2D eigenvalue weighted by molar-refractivity contribution is 7.99. The molecular weight excluding hydrogens is 595 g/mol. The molecule has 2 aliphatic rings. The summed E-state index contributed by atoms with van der Waals surface area (Å²) in [6.07, 6.45) is -6.01. The maximum absolute atomic E-state index is 15.1. The lowest BCUT2D eigenvalue weighted by Gasteiger charge is -2.41. The average Bonchev–Trinajstić information content (AvgIpc) is 3.10. The summed E-state index contributed by atoms with van der Waals surface area (Å²) < 4.78 is 85.4. The van der Waals surface area contributed by atoms with Gasteiger partial charge in [-0.2, -0.15) is 18.2 Å². The number of aromatic nitrogens is 2. The highest BCUT2D eigenvalue weighted by atomic mass is 32.2. The number of methoxy groups -OCH3 is 1. The van der Waals surface area contributed by atoms with Crippen molar-refractivity contribution in [3.63, 3.8) is 0 Å². The van der Waals surface area contributed by atoms with E-state index in [1.807, 2.05) is 0 Å². The van der Waals surface area contributed by atoms with Gasteiger partial charge in [0.15, 0.2) is 0 Å². The number of amides is 1. The van der Waals surface area contributed by atoms with Gasteiger partial charge in [-0.25, -0.2) is 18.4 Å². The maximum Gasteiger partial charge on any atom is 0.417 e. The smallest absolute Gasteiger partial charge is 0.417 e. The molecule has 0 N–H and O–H groups in total. The Morgan fingerprint density at radius 3 is 2.42 bits per heavy atom. The molecule has 0 unspecified atom stereocenters. The lowest BCUT2D eigenvalue weighted by molar-refractivity contribution is -0.137. The molecule has 0 bridgehead atoms. The zero-order valence-corrected chi connectivity index (χ0v) is 25.0. The molecule has 0 radical (unpaired) electrons. The third-order valence-electron chi connectivity index (χ3n) is 7.39. The van der Waals surface area contributed by atoms with Gasteiger partial charge in [0.05, 0.1) is 23.7 Å². The van der Waals surface area contributed by atoms with Gasteiger partial charge in [-0.15, -0.1) is 11.8 Å². The highest BCUT2D eigenvalue weighted by Gasteiger charge is 2.40. The van der Waals surface area contributed by atoms with Gasteiger partial charge in [-0.3, -0.25) is 4.57 Å². The molecule has 14 heteroatoms. The normalized spacial score (nSPS) is 19.5. The van der Waals surface area contributed by atoms with Crippen LogP contribution in [0.25, 0.3) is 22.0 Å². The van der Waals surface area contributed by atoms with E-state index in [0.29, 0.717) is 6.07 Å². The largest absolute Gasteiger partial charge is 0.444 e. The van der Waals surface area contributed by atoms with Crippen LogP contribution in [0.1, 0.15) is 33.3 Å². The minimum atomic E-state index is -4.94. The summed E-state index contributed by atoms with van der Waals surface area (Å²) in [6.45, 7) is 7.56. The van der Waals surface area contributed by atoms with Crippen molar-refractivity contribution in [2.75, 3.05) is 37.4 Å². The van der Waals surface area contributed by atoms with Crippen LogP contribution in [0, 0.1) is 11.6 Å². The average molecular weight is 627 g/mol. The number of anilines is 1. The fourth-order valence-corrected chi connectivity index (χ4v) is 6.76. The van der Waals surface area contributed by atoms with Crippen LogP contribution in [0.4, 0.5) is 32.6 Å². The number of thioether (sulfide) groups is 1. The molecule has 2 aliphatic heterocycles. The Labute approximate surface area is 248 Å². The van der Waals surface area contributed by atoms with Crippen LogP contribution in [0.5, 0.6) is 0 Å². The summed E-state index contributed by atoms with van der Waals surface area (Å²) in [5.74, 6) is -1.90. The van der Waals surface area contributed by atoms with E-state index in [-0.39, 0.29) is 53.5 Å². The van der Waals surface area contributed by atoms with Gasteiger partial charge in [0, 0.05) is 66.0 Å². The molecule has 3 aromatic rings. The first kappa shape index (κ1) is 31.0. The maximum atomic E-state index is 15.1. The molecule has 232 valence electrons. The van der Waals surface area contributed by atoms with E-state index in [1.165, 1.54) is 16.6 Å². The predicted octanol–water partition coefficient (Wildman–Crippen LogP) is 5.93. The number of piperazine rings is 1. The summed E-state index contributed by atoms with van der Waals surface area (Å²) in [5.41, 5.74) is -3.32. The first-order valence-corrected chi connectivity index (χ1v) is 14.6. The Hall–Kier alpha value is -3.39. The SMILES string of the molecule is CO[C@@H]1CSc2c(-c3ccc(F)cc3F)c(C(F)(F)F)cc3c(N4CCN(C(=O)OC(C)(C)C)C[C@@H]4C)nc(=O)n(c23)C1. The van der Waals surface area contributed by atoms with Gasteiger partial charge < -0.3 is 19.3 Å². The van der Waals surface area contributed by atoms with Crippen molar-refractivity contribution in [2.45, 2.75) is 63.1 Å². The molecule has 0 aliphatic carbocycles. The van der Waals surface area contributed by atoms with E-state index < -0.39 is 64.0 Å². The summed E-state index contributed by atoms with van der Waals surface area (Å²) in [5, 5.41) is 0.0509. The summed E-state index contributed by atoms with van der Waals surface area (Å²) in [7, 11) is 1.43. The number of nitrogens with zero attached hydrogens (tertiary/aromatic N) is 4. The number of halogens is 5. The minimum absolute atomic E-state index is 0.0117. The molecule has 0 spiro atoms. The van der Waals surface area contributed by atoms with Crippen molar-refractivity contribution >= 4 is 34.6 Å². The first-order chi connectivity index (χ1) is 20.1. The van der Waals surface area contributed by atoms with Crippen molar-refractivity contribution in [3.05, 3.63) is 51.9 Å². The lowest BCUT2D eigenvalue weighted by Crippen LogP contribution is -2.55. The zero-order valence-electron chi connectivity index (χ0n) is 24.2. The highest BCUT2D eigenvalue weighted by Crippen LogP contribution is 2.49. The van der Waals surface area contributed by atoms with Crippen LogP contribution in [-0.2, 0) is 22.2 Å². The van der Waals surface area contributed by atoms with Gasteiger partial charge in [0.25, 0.3) is 0 Å². The number of hydrogen-bond donors (Lipinski definition) is 0. The fourth-order valence-electron chi connectivity index (χ4n) is 5.44. The standard InChI is InChI=1S/C29H31F5N4O4S/c1-15-12-36(27(40)42-28(2,3)4)8-9-37(15)25-19-11-20(29(32,33)34)22(18-7-6-16(30)10-21(18)31)24-23(19)38(26(39)35-25)13-17(41-5)14-43-24/h6-7,10-11,15,17H,8-9,12-14H2,1-5H3/t15-,17-/m0/s1. The van der Waals surface area contributed by atoms with Crippen LogP contribution in [-0.4, -0.2) is 70.8 Å². The fraction of sp³-hybridized carbons (Fsp3) is 0.483. The molecule has 1 saturated heterocycles. The molecule has 8 nitrogen and oxygen atoms in total. The van der Waals surface area contributed by atoms with Crippen molar-refractivity contribution in [3.8, 4) is 11.1 Å². The number of carbonyl (C=O) groups excluding carboxylic acids is 1. The Kier molecular flexibility index (Phi) is 8.14. The number of rotatable bonds is 3. The van der Waals surface area contributed by atoms with E-state index in [9.17, 15) is 27.2 Å².